The summed E-state index contributed by atoms with van der Waals surface area (Å²) in [4.78, 5) is 4.65. The Morgan fingerprint density at radius 3 is 2.59 bits per heavy atom. The number of rotatable bonds is 8. The van der Waals surface area contributed by atoms with Crippen LogP contribution in [0.4, 0.5) is 5.69 Å². The quantitative estimate of drug-likeness (QED) is 0.650. The molecular weight excluding hydrogens is 272 g/mol. The Morgan fingerprint density at radius 2 is 1.82 bits per heavy atom. The molecule has 0 atom stereocenters. The number of hydrogen-bond acceptors (Lipinski definition) is 3. The van der Waals surface area contributed by atoms with Crippen LogP contribution in [0.25, 0.3) is 5.57 Å². The van der Waals surface area contributed by atoms with Crippen LogP contribution in [0.1, 0.15) is 71.9 Å². The number of hydrogen-bond donors (Lipinski definition) is 1. The fourth-order valence-electron chi connectivity index (χ4n) is 2.98. The predicted octanol–water partition coefficient (Wildman–Crippen LogP) is 5.43. The Balaban J connectivity index is 1.83. The summed E-state index contributed by atoms with van der Waals surface area (Å²) in [6, 6.07) is 4.05. The number of aromatic nitrogens is 1. The van der Waals surface area contributed by atoms with Gasteiger partial charge < -0.3 is 10.1 Å². The van der Waals surface area contributed by atoms with Crippen molar-refractivity contribution in [3.05, 3.63) is 23.9 Å². The molecule has 22 heavy (non-hydrogen) atoms. The van der Waals surface area contributed by atoms with E-state index in [0.717, 1.165) is 30.3 Å². The van der Waals surface area contributed by atoms with Crippen molar-refractivity contribution in [1.82, 2.24) is 4.98 Å². The number of unbranched alkanes of at least 4 members (excludes halogenated alkanes) is 5. The van der Waals surface area contributed by atoms with Crippen molar-refractivity contribution in [3.63, 3.8) is 0 Å². The van der Waals surface area contributed by atoms with E-state index >= 15 is 0 Å². The molecule has 0 bridgehead atoms. The highest BCUT2D eigenvalue weighted by molar-refractivity contribution is 5.77. The van der Waals surface area contributed by atoms with Gasteiger partial charge in [-0.3, -0.25) is 0 Å². The summed E-state index contributed by atoms with van der Waals surface area (Å²) in [5, 5.41) is 3.50. The van der Waals surface area contributed by atoms with Gasteiger partial charge in [0.05, 0.1) is 23.5 Å². The molecule has 3 heteroatoms. The second-order valence-corrected chi connectivity index (χ2v) is 6.84. The molecule has 2 rings (SSSR count). The minimum Gasteiger partial charge on any atom is -0.478 e. The second-order valence-electron chi connectivity index (χ2n) is 6.84. The van der Waals surface area contributed by atoms with Crippen LogP contribution in [0.3, 0.4) is 0 Å². The van der Waals surface area contributed by atoms with Gasteiger partial charge in [0, 0.05) is 6.07 Å². The molecule has 3 nitrogen and oxygen atoms in total. The molecular formula is C19H30N2O. The maximum atomic E-state index is 5.81. The standard InChI is InChI=1S/C19H30N2O/c1-5-6-7-8-9-10-13-22-17-12-11-16-18(20-17)15(2)14-19(3,4)21-16/h11-12,14,21H,5-10,13H2,1-4H3. The smallest absolute Gasteiger partial charge is 0.213 e. The lowest BCUT2D eigenvalue weighted by Crippen LogP contribution is -2.31. The molecule has 1 aliphatic rings. The van der Waals surface area contributed by atoms with Crippen molar-refractivity contribution >= 4 is 11.3 Å². The van der Waals surface area contributed by atoms with Gasteiger partial charge in [0.25, 0.3) is 0 Å². The number of ether oxygens (including phenoxy) is 1. The Labute approximate surface area is 135 Å². The fourth-order valence-corrected chi connectivity index (χ4v) is 2.98. The summed E-state index contributed by atoms with van der Waals surface area (Å²) in [5.41, 5.74) is 3.31. The first-order valence-electron chi connectivity index (χ1n) is 8.64. The summed E-state index contributed by atoms with van der Waals surface area (Å²) in [5.74, 6) is 0.738. The van der Waals surface area contributed by atoms with Gasteiger partial charge in [0.1, 0.15) is 0 Å². The molecule has 1 aliphatic heterocycles. The number of nitrogens with one attached hydrogen (secondary N) is 1. The van der Waals surface area contributed by atoms with E-state index in [2.05, 4.69) is 50.1 Å². The monoisotopic (exact) mass is 302 g/mol. The maximum absolute atomic E-state index is 5.81. The number of anilines is 1. The molecule has 0 amide bonds. The summed E-state index contributed by atoms with van der Waals surface area (Å²) >= 11 is 0. The first-order valence-corrected chi connectivity index (χ1v) is 8.64. The van der Waals surface area contributed by atoms with Crippen molar-refractivity contribution in [3.8, 4) is 5.88 Å². The van der Waals surface area contributed by atoms with Gasteiger partial charge in [-0.1, -0.05) is 45.1 Å². The van der Waals surface area contributed by atoms with E-state index in [1.165, 1.54) is 37.7 Å². The van der Waals surface area contributed by atoms with Crippen molar-refractivity contribution in [2.45, 2.75) is 71.8 Å². The van der Waals surface area contributed by atoms with Crippen LogP contribution in [-0.4, -0.2) is 17.1 Å². The highest BCUT2D eigenvalue weighted by Gasteiger charge is 2.23. The lowest BCUT2D eigenvalue weighted by molar-refractivity contribution is 0.293. The second kappa shape index (κ2) is 7.66. The molecule has 0 unspecified atom stereocenters. The molecule has 0 radical (unpaired) electrons. The topological polar surface area (TPSA) is 34.1 Å². The van der Waals surface area contributed by atoms with Crippen molar-refractivity contribution in [1.29, 1.82) is 0 Å². The molecule has 0 fully saturated rings. The van der Waals surface area contributed by atoms with Crippen LogP contribution in [0, 0.1) is 0 Å². The van der Waals surface area contributed by atoms with Gasteiger partial charge in [-0.15, -0.1) is 0 Å². The maximum Gasteiger partial charge on any atom is 0.213 e. The van der Waals surface area contributed by atoms with Gasteiger partial charge in [-0.25, -0.2) is 4.98 Å². The first kappa shape index (κ1) is 16.9. The molecule has 1 aromatic heterocycles. The van der Waals surface area contributed by atoms with Crippen molar-refractivity contribution in [2.24, 2.45) is 0 Å². The zero-order chi connectivity index (χ0) is 16.0. The minimum atomic E-state index is -0.0143. The molecule has 2 heterocycles. The third kappa shape index (κ3) is 4.75. The third-order valence-corrected chi connectivity index (χ3v) is 4.03. The number of pyridine rings is 1. The molecule has 122 valence electrons. The summed E-state index contributed by atoms with van der Waals surface area (Å²) in [6.07, 6.45) is 9.90. The van der Waals surface area contributed by atoms with Crippen LogP contribution in [0.5, 0.6) is 5.88 Å². The Morgan fingerprint density at radius 1 is 1.09 bits per heavy atom. The lowest BCUT2D eigenvalue weighted by atomic mass is 9.94. The van der Waals surface area contributed by atoms with Gasteiger partial charge in [0.2, 0.25) is 5.88 Å². The van der Waals surface area contributed by atoms with Gasteiger partial charge in [0.15, 0.2) is 0 Å². The summed E-state index contributed by atoms with van der Waals surface area (Å²) < 4.78 is 5.81. The largest absolute Gasteiger partial charge is 0.478 e. The first-order chi connectivity index (χ1) is 10.5. The number of nitrogens with zero attached hydrogens (tertiary/aromatic N) is 1. The Bertz CT molecular complexity index is 520. The molecule has 0 aromatic carbocycles. The van der Waals surface area contributed by atoms with E-state index in [4.69, 9.17) is 4.74 Å². The number of fused-ring (bicyclic) bond motifs is 1. The van der Waals surface area contributed by atoms with Crippen LogP contribution < -0.4 is 10.1 Å². The molecule has 0 spiro atoms. The molecule has 1 N–H and O–H groups in total. The number of allylic oxidation sites excluding steroid dienone is 1. The van der Waals surface area contributed by atoms with E-state index in [1.807, 2.05) is 6.07 Å². The summed E-state index contributed by atoms with van der Waals surface area (Å²) in [7, 11) is 0. The van der Waals surface area contributed by atoms with Crippen LogP contribution in [0.15, 0.2) is 18.2 Å². The average molecular weight is 302 g/mol. The van der Waals surface area contributed by atoms with E-state index in [-0.39, 0.29) is 5.54 Å². The van der Waals surface area contributed by atoms with E-state index < -0.39 is 0 Å². The minimum absolute atomic E-state index is 0.0143. The molecule has 1 aromatic rings. The average Bonchev–Trinajstić information content (AvgIpc) is 2.46. The molecule has 0 aliphatic carbocycles. The fraction of sp³-hybridized carbons (Fsp3) is 0.632. The van der Waals surface area contributed by atoms with E-state index in [1.54, 1.807) is 0 Å². The Kier molecular flexibility index (Phi) is 5.87. The van der Waals surface area contributed by atoms with Crippen molar-refractivity contribution in [2.75, 3.05) is 11.9 Å². The van der Waals surface area contributed by atoms with Crippen LogP contribution in [-0.2, 0) is 0 Å². The van der Waals surface area contributed by atoms with Crippen LogP contribution >= 0.6 is 0 Å². The normalized spacial score (nSPS) is 15.7. The zero-order valence-corrected chi connectivity index (χ0v) is 14.5. The predicted molar refractivity (Wildman–Crippen MR) is 94.5 cm³/mol. The highest BCUT2D eigenvalue weighted by atomic mass is 16.5. The van der Waals surface area contributed by atoms with Crippen molar-refractivity contribution < 1.29 is 4.74 Å². The van der Waals surface area contributed by atoms with Gasteiger partial charge in [-0.05, 0) is 38.8 Å². The van der Waals surface area contributed by atoms with Gasteiger partial charge >= 0.3 is 0 Å². The lowest BCUT2D eigenvalue weighted by Gasteiger charge is -2.30. The molecule has 0 saturated heterocycles. The highest BCUT2D eigenvalue weighted by Crippen LogP contribution is 2.33. The summed E-state index contributed by atoms with van der Waals surface area (Å²) in [6.45, 7) is 9.47. The molecule has 0 saturated carbocycles. The van der Waals surface area contributed by atoms with Gasteiger partial charge in [-0.2, -0.15) is 0 Å². The van der Waals surface area contributed by atoms with Crippen LogP contribution in [0.2, 0.25) is 0 Å². The SMILES string of the molecule is CCCCCCCCOc1ccc2c(n1)C(C)=CC(C)(C)N2. The Hall–Kier alpha value is -1.51. The van der Waals surface area contributed by atoms with E-state index in [0.29, 0.717) is 0 Å². The zero-order valence-electron chi connectivity index (χ0n) is 14.5. The van der Waals surface area contributed by atoms with E-state index in [9.17, 15) is 0 Å². The third-order valence-electron chi connectivity index (χ3n) is 4.03.